The lowest BCUT2D eigenvalue weighted by molar-refractivity contribution is 0.167. The Labute approximate surface area is 77.8 Å². The lowest BCUT2D eigenvalue weighted by Crippen LogP contribution is -2.16. The van der Waals surface area contributed by atoms with Crippen molar-refractivity contribution in [1.29, 1.82) is 0 Å². The fourth-order valence-corrected chi connectivity index (χ4v) is 1.70. The number of fused-ring (bicyclic) bond motifs is 1. The van der Waals surface area contributed by atoms with E-state index in [-0.39, 0.29) is 4.90 Å². The van der Waals surface area contributed by atoms with Gasteiger partial charge in [0.2, 0.25) is 0 Å². The van der Waals surface area contributed by atoms with Crippen LogP contribution in [0.15, 0.2) is 23.1 Å². The predicted octanol–water partition coefficient (Wildman–Crippen LogP) is 1.04. The van der Waals surface area contributed by atoms with Crippen LogP contribution in [0.5, 0.6) is 11.5 Å². The molecule has 1 atom stereocenters. The highest BCUT2D eigenvalue weighted by molar-refractivity contribution is 7.79. The fourth-order valence-electron chi connectivity index (χ4n) is 1.18. The van der Waals surface area contributed by atoms with Crippen molar-refractivity contribution in [3.63, 3.8) is 0 Å². The number of hydrogen-bond donors (Lipinski definition) is 1. The van der Waals surface area contributed by atoms with Gasteiger partial charge in [-0.25, -0.2) is 4.21 Å². The van der Waals surface area contributed by atoms with Crippen molar-refractivity contribution >= 4 is 11.1 Å². The van der Waals surface area contributed by atoms with Crippen LogP contribution in [0.3, 0.4) is 0 Å². The Morgan fingerprint density at radius 1 is 1.31 bits per heavy atom. The van der Waals surface area contributed by atoms with Gasteiger partial charge < -0.3 is 14.0 Å². The van der Waals surface area contributed by atoms with E-state index >= 15 is 0 Å². The van der Waals surface area contributed by atoms with E-state index < -0.39 is 11.1 Å². The Morgan fingerprint density at radius 3 is 2.85 bits per heavy atom. The van der Waals surface area contributed by atoms with Gasteiger partial charge in [0.25, 0.3) is 0 Å². The third kappa shape index (κ3) is 1.52. The number of hydrogen-bond acceptors (Lipinski definition) is 3. The van der Waals surface area contributed by atoms with Crippen molar-refractivity contribution in [3.8, 4) is 11.5 Å². The second-order valence-electron chi connectivity index (χ2n) is 2.53. The van der Waals surface area contributed by atoms with Gasteiger partial charge in [-0.15, -0.1) is 0 Å². The molecular formula is C8H8O4S. The molecule has 0 aliphatic carbocycles. The molecule has 0 spiro atoms. The molecule has 0 bridgehead atoms. The molecule has 0 amide bonds. The highest BCUT2D eigenvalue weighted by atomic mass is 32.2. The molecule has 1 N–H and O–H groups in total. The van der Waals surface area contributed by atoms with Crippen LogP contribution in [0.25, 0.3) is 0 Å². The van der Waals surface area contributed by atoms with E-state index in [1.807, 2.05) is 0 Å². The third-order valence-electron chi connectivity index (χ3n) is 1.72. The van der Waals surface area contributed by atoms with Crippen LogP contribution in [0.2, 0.25) is 0 Å². The molecule has 0 saturated heterocycles. The van der Waals surface area contributed by atoms with Crippen molar-refractivity contribution in [2.45, 2.75) is 4.90 Å². The molecule has 70 valence electrons. The van der Waals surface area contributed by atoms with Crippen LogP contribution in [0, 0.1) is 0 Å². The molecule has 1 heterocycles. The van der Waals surface area contributed by atoms with Gasteiger partial charge in [0.1, 0.15) is 18.1 Å². The largest absolute Gasteiger partial charge is 0.486 e. The Balaban J connectivity index is 2.52. The summed E-state index contributed by atoms with van der Waals surface area (Å²) in [5.41, 5.74) is 0. The van der Waals surface area contributed by atoms with Crippen LogP contribution in [0.1, 0.15) is 0 Å². The average molecular weight is 200 g/mol. The standard InChI is InChI=1S/C8H8O4S/c9-13(10)7-3-1-2-6-8(7)12-5-4-11-6/h1-3H,4-5H2,(H,9,10). The molecule has 0 radical (unpaired) electrons. The maximum absolute atomic E-state index is 10.8. The first-order valence-electron chi connectivity index (χ1n) is 3.78. The first kappa shape index (κ1) is 8.52. The zero-order valence-corrected chi connectivity index (χ0v) is 7.54. The number of para-hydroxylation sites is 1. The van der Waals surface area contributed by atoms with Gasteiger partial charge in [-0.05, 0) is 12.1 Å². The maximum Gasteiger partial charge on any atom is 0.190 e. The Bertz CT molecular complexity index is 350. The Hall–Kier alpha value is -1.07. The zero-order valence-electron chi connectivity index (χ0n) is 6.73. The smallest absolute Gasteiger partial charge is 0.190 e. The van der Waals surface area contributed by atoms with Gasteiger partial charge in [0.05, 0.1) is 0 Å². The summed E-state index contributed by atoms with van der Waals surface area (Å²) in [6.45, 7) is 0.899. The molecule has 4 nitrogen and oxygen atoms in total. The molecule has 1 unspecified atom stereocenters. The van der Waals surface area contributed by atoms with Crippen LogP contribution in [-0.2, 0) is 11.1 Å². The second kappa shape index (κ2) is 3.35. The second-order valence-corrected chi connectivity index (χ2v) is 3.47. The van der Waals surface area contributed by atoms with E-state index in [4.69, 9.17) is 14.0 Å². The van der Waals surface area contributed by atoms with E-state index in [0.29, 0.717) is 24.7 Å². The minimum atomic E-state index is -2.02. The molecule has 2 rings (SSSR count). The molecule has 1 aromatic carbocycles. The molecule has 1 aliphatic heterocycles. The quantitative estimate of drug-likeness (QED) is 0.688. The minimum absolute atomic E-state index is 0.261. The van der Waals surface area contributed by atoms with Crippen molar-refractivity contribution in [1.82, 2.24) is 0 Å². The average Bonchev–Trinajstić information content (AvgIpc) is 2.17. The highest BCUT2D eigenvalue weighted by Gasteiger charge is 2.18. The third-order valence-corrected chi connectivity index (χ3v) is 2.42. The van der Waals surface area contributed by atoms with Crippen molar-refractivity contribution < 1.29 is 18.2 Å². The molecule has 13 heavy (non-hydrogen) atoms. The Kier molecular flexibility index (Phi) is 2.20. The molecule has 1 aromatic rings. The van der Waals surface area contributed by atoms with Gasteiger partial charge in [0, 0.05) is 0 Å². The molecular weight excluding hydrogens is 192 g/mol. The summed E-state index contributed by atoms with van der Waals surface area (Å²) < 4.78 is 30.2. The fraction of sp³-hybridized carbons (Fsp3) is 0.250. The van der Waals surface area contributed by atoms with E-state index in [2.05, 4.69) is 0 Å². The van der Waals surface area contributed by atoms with E-state index in [0.717, 1.165) is 0 Å². The van der Waals surface area contributed by atoms with E-state index in [1.54, 1.807) is 18.2 Å². The highest BCUT2D eigenvalue weighted by Crippen LogP contribution is 2.34. The predicted molar refractivity (Wildman–Crippen MR) is 46.5 cm³/mol. The Morgan fingerprint density at radius 2 is 2.08 bits per heavy atom. The topological polar surface area (TPSA) is 55.8 Å². The van der Waals surface area contributed by atoms with Crippen LogP contribution in [-0.4, -0.2) is 22.0 Å². The van der Waals surface area contributed by atoms with Gasteiger partial charge in [-0.3, -0.25) is 0 Å². The van der Waals surface area contributed by atoms with Crippen LogP contribution < -0.4 is 9.47 Å². The summed E-state index contributed by atoms with van der Waals surface area (Å²) in [6, 6.07) is 4.92. The van der Waals surface area contributed by atoms with Crippen LogP contribution >= 0.6 is 0 Å². The van der Waals surface area contributed by atoms with Crippen molar-refractivity contribution in [3.05, 3.63) is 18.2 Å². The summed E-state index contributed by atoms with van der Waals surface area (Å²) in [4.78, 5) is 0.261. The summed E-state index contributed by atoms with van der Waals surface area (Å²) in [5, 5.41) is 0. The molecule has 5 heteroatoms. The van der Waals surface area contributed by atoms with Gasteiger partial charge in [-0.2, -0.15) is 0 Å². The number of rotatable bonds is 1. The van der Waals surface area contributed by atoms with E-state index in [1.165, 1.54) is 0 Å². The minimum Gasteiger partial charge on any atom is -0.486 e. The summed E-state index contributed by atoms with van der Waals surface area (Å²) in [7, 11) is 0. The lowest BCUT2D eigenvalue weighted by Gasteiger charge is -2.19. The normalized spacial score (nSPS) is 16.7. The molecule has 0 fully saturated rings. The van der Waals surface area contributed by atoms with Crippen molar-refractivity contribution in [2.75, 3.05) is 13.2 Å². The number of benzene rings is 1. The molecule has 0 saturated carbocycles. The summed E-state index contributed by atoms with van der Waals surface area (Å²) >= 11 is -2.02. The van der Waals surface area contributed by atoms with Crippen LogP contribution in [0.4, 0.5) is 0 Å². The van der Waals surface area contributed by atoms with E-state index in [9.17, 15) is 4.21 Å². The summed E-state index contributed by atoms with van der Waals surface area (Å²) in [5.74, 6) is 0.917. The lowest BCUT2D eigenvalue weighted by atomic mass is 10.3. The maximum atomic E-state index is 10.8. The van der Waals surface area contributed by atoms with Gasteiger partial charge in [0.15, 0.2) is 22.6 Å². The van der Waals surface area contributed by atoms with Gasteiger partial charge >= 0.3 is 0 Å². The van der Waals surface area contributed by atoms with Crippen molar-refractivity contribution in [2.24, 2.45) is 0 Å². The van der Waals surface area contributed by atoms with Gasteiger partial charge in [-0.1, -0.05) is 6.07 Å². The molecule has 1 aliphatic rings. The monoisotopic (exact) mass is 200 g/mol. The summed E-state index contributed by atoms with van der Waals surface area (Å²) in [6.07, 6.45) is 0. The zero-order chi connectivity index (χ0) is 9.26. The first-order chi connectivity index (χ1) is 6.29. The first-order valence-corrected chi connectivity index (χ1v) is 4.89. The number of ether oxygens (including phenoxy) is 2. The SMILES string of the molecule is O=S(O)c1cccc2c1OCCO2. The molecule has 0 aromatic heterocycles.